The van der Waals surface area contributed by atoms with E-state index in [1.807, 2.05) is 30.3 Å². The lowest BCUT2D eigenvalue weighted by Gasteiger charge is -2.26. The van der Waals surface area contributed by atoms with Gasteiger partial charge in [-0.05, 0) is 24.6 Å². The van der Waals surface area contributed by atoms with E-state index in [0.717, 1.165) is 31.0 Å². The van der Waals surface area contributed by atoms with Crippen LogP contribution in [0.3, 0.4) is 0 Å². The van der Waals surface area contributed by atoms with Crippen LogP contribution in [0.5, 0.6) is 11.5 Å². The molecule has 0 saturated carbocycles. The molecule has 0 atom stereocenters. The highest BCUT2D eigenvalue weighted by Crippen LogP contribution is 2.19. The van der Waals surface area contributed by atoms with Gasteiger partial charge in [0.05, 0.1) is 20.8 Å². The van der Waals surface area contributed by atoms with Gasteiger partial charge in [0.15, 0.2) is 0 Å². The van der Waals surface area contributed by atoms with Gasteiger partial charge < -0.3 is 18.9 Å². The second-order valence-electron chi connectivity index (χ2n) is 4.82. The van der Waals surface area contributed by atoms with Crippen LogP contribution < -0.4 is 9.47 Å². The van der Waals surface area contributed by atoms with Crippen LogP contribution in [0, 0.1) is 0 Å². The molecule has 0 aromatic heterocycles. The van der Waals surface area contributed by atoms with Crippen LogP contribution in [0.25, 0.3) is 0 Å². The molecule has 0 spiro atoms. The Balaban J connectivity index is 0.00000264. The topological polar surface area (TPSA) is 57.2 Å². The van der Waals surface area contributed by atoms with Crippen molar-refractivity contribution in [2.75, 3.05) is 40.5 Å². The summed E-state index contributed by atoms with van der Waals surface area (Å²) in [6.45, 7) is 2.80. The number of halogens is 1. The molecule has 0 unspecified atom stereocenters. The van der Waals surface area contributed by atoms with Crippen molar-refractivity contribution in [2.24, 2.45) is 0 Å². The fourth-order valence-electron chi connectivity index (χ4n) is 2.17. The molecule has 0 fully saturated rings. The van der Waals surface area contributed by atoms with E-state index >= 15 is 0 Å². The molecule has 1 aromatic carbocycles. The average molecular weight is 344 g/mol. The molecule has 1 aliphatic heterocycles. The summed E-state index contributed by atoms with van der Waals surface area (Å²) in [4.78, 5) is 13.3. The van der Waals surface area contributed by atoms with Gasteiger partial charge in [0.1, 0.15) is 23.9 Å². The maximum absolute atomic E-state index is 11.1. The molecular weight excluding hydrogens is 322 g/mol. The van der Waals surface area contributed by atoms with Crippen molar-refractivity contribution >= 4 is 18.6 Å². The molecule has 1 aliphatic rings. The van der Waals surface area contributed by atoms with E-state index in [-0.39, 0.29) is 12.4 Å². The number of rotatable bonds is 6. The predicted molar refractivity (Wildman–Crippen MR) is 88.4 cm³/mol. The Morgan fingerprint density at radius 3 is 2.78 bits per heavy atom. The van der Waals surface area contributed by atoms with Gasteiger partial charge in [-0.1, -0.05) is 6.07 Å². The maximum Gasteiger partial charge on any atom is 0.513 e. The van der Waals surface area contributed by atoms with Crippen molar-refractivity contribution in [3.05, 3.63) is 36.1 Å². The van der Waals surface area contributed by atoms with Crippen LogP contribution in [0.2, 0.25) is 0 Å². The molecule has 0 radical (unpaired) electrons. The molecule has 7 heteroatoms. The van der Waals surface area contributed by atoms with Crippen molar-refractivity contribution in [3.63, 3.8) is 0 Å². The van der Waals surface area contributed by atoms with Gasteiger partial charge in [-0.2, -0.15) is 0 Å². The van der Waals surface area contributed by atoms with Crippen LogP contribution in [0.4, 0.5) is 4.79 Å². The number of carbonyl (C=O) groups excluding carboxylic acids is 1. The van der Waals surface area contributed by atoms with Gasteiger partial charge in [-0.15, -0.1) is 12.4 Å². The quantitative estimate of drug-likeness (QED) is 0.740. The number of carbonyl (C=O) groups is 1. The molecule has 6 nitrogen and oxygen atoms in total. The second-order valence-corrected chi connectivity index (χ2v) is 4.82. The summed E-state index contributed by atoms with van der Waals surface area (Å²) in [5.74, 6) is 2.17. The molecule has 128 valence electrons. The van der Waals surface area contributed by atoms with Crippen LogP contribution >= 0.6 is 12.4 Å². The summed E-state index contributed by atoms with van der Waals surface area (Å²) in [5, 5.41) is 0. The van der Waals surface area contributed by atoms with E-state index in [2.05, 4.69) is 9.64 Å². The largest absolute Gasteiger partial charge is 0.513 e. The van der Waals surface area contributed by atoms with Crippen LogP contribution in [0.15, 0.2) is 36.1 Å². The normalized spacial score (nSPS) is 14.3. The highest BCUT2D eigenvalue weighted by Gasteiger charge is 2.16. The van der Waals surface area contributed by atoms with E-state index < -0.39 is 6.16 Å². The summed E-state index contributed by atoms with van der Waals surface area (Å²) in [6.07, 6.45) is 2.07. The third-order valence-electron chi connectivity index (χ3n) is 3.30. The first-order valence-corrected chi connectivity index (χ1v) is 7.15. The minimum Gasteiger partial charge on any atom is -0.497 e. The summed E-state index contributed by atoms with van der Waals surface area (Å²) in [5.41, 5.74) is 0. The monoisotopic (exact) mass is 343 g/mol. The van der Waals surface area contributed by atoms with E-state index in [4.69, 9.17) is 14.2 Å². The minimum absolute atomic E-state index is 0. The van der Waals surface area contributed by atoms with E-state index in [0.29, 0.717) is 18.9 Å². The molecule has 0 saturated heterocycles. The zero-order valence-electron chi connectivity index (χ0n) is 13.3. The van der Waals surface area contributed by atoms with Gasteiger partial charge >= 0.3 is 6.16 Å². The summed E-state index contributed by atoms with van der Waals surface area (Å²) in [7, 11) is 2.92. The van der Waals surface area contributed by atoms with E-state index in [1.165, 1.54) is 7.11 Å². The fraction of sp³-hybridized carbons (Fsp3) is 0.438. The van der Waals surface area contributed by atoms with Crippen molar-refractivity contribution in [1.29, 1.82) is 0 Å². The predicted octanol–water partition coefficient (Wildman–Crippen LogP) is 2.87. The first-order valence-electron chi connectivity index (χ1n) is 7.15. The molecule has 1 heterocycles. The first-order chi connectivity index (χ1) is 10.7. The Labute approximate surface area is 142 Å². The van der Waals surface area contributed by atoms with Crippen molar-refractivity contribution in [3.8, 4) is 11.5 Å². The number of hydrogen-bond donors (Lipinski definition) is 0. The number of ether oxygens (including phenoxy) is 4. The van der Waals surface area contributed by atoms with E-state index in [1.54, 1.807) is 7.11 Å². The molecule has 23 heavy (non-hydrogen) atoms. The lowest BCUT2D eigenvalue weighted by atomic mass is 10.2. The lowest BCUT2D eigenvalue weighted by Crippen LogP contribution is -2.34. The van der Waals surface area contributed by atoms with Gasteiger partial charge in [-0.25, -0.2) is 4.79 Å². The summed E-state index contributed by atoms with van der Waals surface area (Å²) in [6, 6.07) is 7.51. The zero-order chi connectivity index (χ0) is 15.8. The van der Waals surface area contributed by atoms with Crippen LogP contribution in [-0.4, -0.2) is 51.5 Å². The summed E-state index contributed by atoms with van der Waals surface area (Å²) >= 11 is 0. The fourth-order valence-corrected chi connectivity index (χ4v) is 2.17. The SMILES string of the molecule is COC(=O)OC1=CCCN(CCOc2cccc(OC)c2)C1.Cl. The smallest absolute Gasteiger partial charge is 0.497 e. The van der Waals surface area contributed by atoms with Crippen molar-refractivity contribution < 1.29 is 23.7 Å². The number of benzene rings is 1. The van der Waals surface area contributed by atoms with Crippen LogP contribution in [-0.2, 0) is 9.47 Å². The maximum atomic E-state index is 11.1. The number of nitrogens with zero attached hydrogens (tertiary/aromatic N) is 1. The molecule has 0 amide bonds. The minimum atomic E-state index is -0.680. The number of methoxy groups -OCH3 is 2. The molecule has 0 N–H and O–H groups in total. The van der Waals surface area contributed by atoms with Crippen LogP contribution in [0.1, 0.15) is 6.42 Å². The Bertz CT molecular complexity index is 535. The molecular formula is C16H22ClNO5. The molecule has 2 rings (SSSR count). The van der Waals surface area contributed by atoms with E-state index in [9.17, 15) is 4.79 Å². The van der Waals surface area contributed by atoms with Gasteiger partial charge in [0, 0.05) is 19.2 Å². The highest BCUT2D eigenvalue weighted by atomic mass is 35.5. The van der Waals surface area contributed by atoms with Gasteiger partial charge in [-0.3, -0.25) is 4.90 Å². The van der Waals surface area contributed by atoms with Gasteiger partial charge in [0.2, 0.25) is 0 Å². The Morgan fingerprint density at radius 1 is 1.26 bits per heavy atom. The zero-order valence-corrected chi connectivity index (χ0v) is 14.1. The summed E-state index contributed by atoms with van der Waals surface area (Å²) < 4.78 is 20.4. The third kappa shape index (κ3) is 6.38. The first kappa shape index (κ1) is 19.1. The molecule has 1 aromatic rings. The Kier molecular flexibility index (Phi) is 8.29. The second kappa shape index (κ2) is 9.97. The standard InChI is InChI=1S/C16H21NO5.ClH/c1-19-13-5-3-6-14(11-13)21-10-9-17-8-4-7-15(12-17)22-16(18)20-2;/h3,5-7,11H,4,8-10,12H2,1-2H3;1H. The highest BCUT2D eigenvalue weighted by molar-refractivity contribution is 5.85. The van der Waals surface area contributed by atoms with Gasteiger partial charge in [0.25, 0.3) is 0 Å². The molecule has 0 aliphatic carbocycles. The Hall–Kier alpha value is -1.92. The Morgan fingerprint density at radius 2 is 2.04 bits per heavy atom. The van der Waals surface area contributed by atoms with Crippen molar-refractivity contribution in [1.82, 2.24) is 4.90 Å². The third-order valence-corrected chi connectivity index (χ3v) is 3.30. The molecule has 0 bridgehead atoms. The average Bonchev–Trinajstić information content (AvgIpc) is 2.55. The lowest BCUT2D eigenvalue weighted by molar-refractivity contribution is 0.0859. The van der Waals surface area contributed by atoms with Crippen molar-refractivity contribution in [2.45, 2.75) is 6.42 Å². The number of hydrogen-bond acceptors (Lipinski definition) is 6.